The number of piperidine rings is 1. The fourth-order valence-electron chi connectivity index (χ4n) is 2.49. The molecule has 1 aliphatic rings. The number of methoxy groups -OCH3 is 1. The van der Waals surface area contributed by atoms with Gasteiger partial charge < -0.3 is 20.7 Å². The van der Waals surface area contributed by atoms with E-state index in [4.69, 9.17) is 10.5 Å². The second-order valence-electron chi connectivity index (χ2n) is 5.19. The number of nitrogen functional groups attached to an aromatic ring is 1. The Balaban J connectivity index is 1.86. The van der Waals surface area contributed by atoms with Crippen LogP contribution in [0.15, 0.2) is 12.1 Å². The number of hydrogen-bond acceptors (Lipinski definition) is 4. The number of likely N-dealkylation sites (tertiary alicyclic amines) is 1. The van der Waals surface area contributed by atoms with Gasteiger partial charge in [-0.15, -0.1) is 0 Å². The first-order valence-electron chi connectivity index (χ1n) is 7.26. The first kappa shape index (κ1) is 15.4. The number of nitrogens with two attached hydrogens (primary N) is 1. The van der Waals surface area contributed by atoms with Crippen LogP contribution in [0.5, 0.6) is 5.75 Å². The van der Waals surface area contributed by atoms with Gasteiger partial charge in [-0.05, 0) is 19.3 Å². The summed E-state index contributed by atoms with van der Waals surface area (Å²) in [7, 11) is 1.48. The highest BCUT2D eigenvalue weighted by atomic mass is 19.1. The minimum atomic E-state index is -0.446. The molecule has 0 saturated carbocycles. The molecule has 1 aliphatic heterocycles. The number of halogens is 1. The van der Waals surface area contributed by atoms with Gasteiger partial charge in [0.15, 0.2) is 0 Å². The molecule has 1 saturated heterocycles. The van der Waals surface area contributed by atoms with Crippen LogP contribution < -0.4 is 15.8 Å². The van der Waals surface area contributed by atoms with Crippen LogP contribution in [0, 0.1) is 5.82 Å². The van der Waals surface area contributed by atoms with Crippen molar-refractivity contribution in [2.75, 3.05) is 37.8 Å². The molecule has 1 aromatic carbocycles. The molecule has 6 heteroatoms. The van der Waals surface area contributed by atoms with Gasteiger partial charge in [0.2, 0.25) is 5.91 Å². The van der Waals surface area contributed by atoms with E-state index in [1.807, 2.05) is 4.90 Å². The Morgan fingerprint density at radius 1 is 1.38 bits per heavy atom. The molecule has 0 aliphatic carbocycles. The predicted octanol–water partition coefficient (Wildman–Crippen LogP) is 2.23. The number of anilines is 2. The third kappa shape index (κ3) is 4.00. The highest BCUT2D eigenvalue weighted by molar-refractivity contribution is 5.77. The van der Waals surface area contributed by atoms with Crippen molar-refractivity contribution in [1.29, 1.82) is 0 Å². The molecular formula is C15H22FN3O2. The van der Waals surface area contributed by atoms with Gasteiger partial charge in [0.1, 0.15) is 11.6 Å². The SMILES string of the molecule is COc1cc(NCCC(=O)N2CCCCC2)c(F)cc1N. The Labute approximate surface area is 124 Å². The standard InChI is InChI=1S/C15H22FN3O2/c1-21-14-10-13(11(16)9-12(14)17)18-6-5-15(20)19-7-3-2-4-8-19/h9-10,18H,2-8,17H2,1H3. The Kier molecular flexibility index (Phi) is 5.25. The molecule has 0 radical (unpaired) electrons. The van der Waals surface area contributed by atoms with Gasteiger partial charge in [0.25, 0.3) is 0 Å². The molecule has 1 aromatic rings. The lowest BCUT2D eigenvalue weighted by atomic mass is 10.1. The molecule has 0 aromatic heterocycles. The topological polar surface area (TPSA) is 67.6 Å². The molecule has 0 atom stereocenters. The van der Waals surface area contributed by atoms with Gasteiger partial charge in [-0.1, -0.05) is 0 Å². The Morgan fingerprint density at radius 2 is 2.10 bits per heavy atom. The first-order chi connectivity index (χ1) is 10.1. The monoisotopic (exact) mass is 295 g/mol. The number of ether oxygens (including phenoxy) is 1. The summed E-state index contributed by atoms with van der Waals surface area (Å²) in [5.41, 5.74) is 6.17. The third-order valence-corrected chi connectivity index (χ3v) is 3.68. The van der Waals surface area contributed by atoms with Gasteiger partial charge in [-0.3, -0.25) is 4.79 Å². The fraction of sp³-hybridized carbons (Fsp3) is 0.533. The summed E-state index contributed by atoms with van der Waals surface area (Å²) in [6.45, 7) is 2.06. The van der Waals surface area contributed by atoms with E-state index in [1.54, 1.807) is 0 Å². The summed E-state index contributed by atoms with van der Waals surface area (Å²) in [6, 6.07) is 2.73. The molecule has 0 bridgehead atoms. The molecule has 1 fully saturated rings. The zero-order chi connectivity index (χ0) is 15.2. The van der Waals surface area contributed by atoms with Gasteiger partial charge in [-0.2, -0.15) is 0 Å². The highest BCUT2D eigenvalue weighted by Gasteiger charge is 2.16. The van der Waals surface area contributed by atoms with Gasteiger partial charge in [-0.25, -0.2) is 4.39 Å². The molecular weight excluding hydrogens is 273 g/mol. The van der Waals surface area contributed by atoms with Crippen molar-refractivity contribution in [2.45, 2.75) is 25.7 Å². The van der Waals surface area contributed by atoms with E-state index in [2.05, 4.69) is 5.32 Å². The number of benzene rings is 1. The van der Waals surface area contributed by atoms with Gasteiger partial charge in [0, 0.05) is 38.2 Å². The number of carbonyl (C=O) groups is 1. The predicted molar refractivity (Wildman–Crippen MR) is 80.9 cm³/mol. The molecule has 116 valence electrons. The Bertz CT molecular complexity index is 502. The van der Waals surface area contributed by atoms with Crippen LogP contribution in [0.2, 0.25) is 0 Å². The highest BCUT2D eigenvalue weighted by Crippen LogP contribution is 2.28. The molecule has 21 heavy (non-hydrogen) atoms. The maximum Gasteiger partial charge on any atom is 0.224 e. The summed E-state index contributed by atoms with van der Waals surface area (Å²) < 4.78 is 18.8. The number of rotatable bonds is 5. The summed E-state index contributed by atoms with van der Waals surface area (Å²) in [5.74, 6) is 0.0880. The molecule has 1 heterocycles. The van der Waals surface area contributed by atoms with Crippen LogP contribution >= 0.6 is 0 Å². The van der Waals surface area contributed by atoms with Gasteiger partial charge >= 0.3 is 0 Å². The Morgan fingerprint density at radius 3 is 2.76 bits per heavy atom. The number of amides is 1. The van der Waals surface area contributed by atoms with Crippen molar-refractivity contribution >= 4 is 17.3 Å². The summed E-state index contributed by atoms with van der Waals surface area (Å²) in [6.07, 6.45) is 3.69. The molecule has 2 rings (SSSR count). The zero-order valence-electron chi connectivity index (χ0n) is 12.3. The minimum Gasteiger partial charge on any atom is -0.495 e. The van der Waals surface area contributed by atoms with Crippen molar-refractivity contribution in [1.82, 2.24) is 4.90 Å². The Hall–Kier alpha value is -1.98. The minimum absolute atomic E-state index is 0.116. The van der Waals surface area contributed by atoms with Gasteiger partial charge in [0.05, 0.1) is 18.5 Å². The smallest absolute Gasteiger partial charge is 0.224 e. The molecule has 5 nitrogen and oxygen atoms in total. The fourth-order valence-corrected chi connectivity index (χ4v) is 2.49. The van der Waals surface area contributed by atoms with Crippen LogP contribution in [0.3, 0.4) is 0 Å². The lowest BCUT2D eigenvalue weighted by Gasteiger charge is -2.26. The lowest BCUT2D eigenvalue weighted by molar-refractivity contribution is -0.131. The van der Waals surface area contributed by atoms with E-state index in [9.17, 15) is 9.18 Å². The van der Waals surface area contributed by atoms with Crippen molar-refractivity contribution in [3.8, 4) is 5.75 Å². The van der Waals surface area contributed by atoms with Crippen molar-refractivity contribution in [2.24, 2.45) is 0 Å². The largest absolute Gasteiger partial charge is 0.495 e. The van der Waals surface area contributed by atoms with Crippen LogP contribution in [-0.2, 0) is 4.79 Å². The third-order valence-electron chi connectivity index (χ3n) is 3.68. The maximum atomic E-state index is 13.8. The second kappa shape index (κ2) is 7.15. The van der Waals surface area contributed by atoms with E-state index in [0.29, 0.717) is 24.4 Å². The second-order valence-corrected chi connectivity index (χ2v) is 5.19. The van der Waals surface area contributed by atoms with E-state index < -0.39 is 5.82 Å². The number of nitrogens with zero attached hydrogens (tertiary/aromatic N) is 1. The maximum absolute atomic E-state index is 13.8. The van der Waals surface area contributed by atoms with E-state index in [-0.39, 0.29) is 11.6 Å². The first-order valence-corrected chi connectivity index (χ1v) is 7.26. The molecule has 3 N–H and O–H groups in total. The van der Waals surface area contributed by atoms with E-state index >= 15 is 0 Å². The molecule has 0 unspecified atom stereocenters. The average Bonchev–Trinajstić information content (AvgIpc) is 2.50. The molecule has 0 spiro atoms. The lowest BCUT2D eigenvalue weighted by Crippen LogP contribution is -2.36. The summed E-state index contributed by atoms with van der Waals surface area (Å²) in [5, 5.41) is 2.93. The number of hydrogen-bond donors (Lipinski definition) is 2. The number of nitrogens with one attached hydrogen (secondary N) is 1. The van der Waals surface area contributed by atoms with E-state index in [1.165, 1.54) is 25.7 Å². The molecule has 1 amide bonds. The summed E-state index contributed by atoms with van der Waals surface area (Å²) in [4.78, 5) is 13.9. The van der Waals surface area contributed by atoms with Crippen molar-refractivity contribution < 1.29 is 13.9 Å². The van der Waals surface area contributed by atoms with Crippen LogP contribution in [0.25, 0.3) is 0 Å². The quantitative estimate of drug-likeness (QED) is 0.817. The number of carbonyl (C=O) groups excluding carboxylic acids is 1. The van der Waals surface area contributed by atoms with Crippen LogP contribution in [-0.4, -0.2) is 37.6 Å². The average molecular weight is 295 g/mol. The van der Waals surface area contributed by atoms with Crippen LogP contribution in [0.4, 0.5) is 15.8 Å². The van der Waals surface area contributed by atoms with Crippen LogP contribution in [0.1, 0.15) is 25.7 Å². The summed E-state index contributed by atoms with van der Waals surface area (Å²) >= 11 is 0. The van der Waals surface area contributed by atoms with E-state index in [0.717, 1.165) is 25.9 Å². The normalized spacial score (nSPS) is 14.9. The zero-order valence-corrected chi connectivity index (χ0v) is 12.3. The van der Waals surface area contributed by atoms with Crippen molar-refractivity contribution in [3.05, 3.63) is 17.9 Å². The van der Waals surface area contributed by atoms with Crippen molar-refractivity contribution in [3.63, 3.8) is 0 Å².